The molecule has 1 amide bonds. The predicted octanol–water partition coefficient (Wildman–Crippen LogP) is 2.43. The van der Waals surface area contributed by atoms with Gasteiger partial charge in [-0.3, -0.25) is 9.59 Å². The SMILES string of the molecule is CC(=O)SC1CC(=O)N(c2ccc(O)cc2Cl)C1. The van der Waals surface area contributed by atoms with E-state index in [0.29, 0.717) is 23.7 Å². The van der Waals surface area contributed by atoms with E-state index in [1.807, 2.05) is 0 Å². The van der Waals surface area contributed by atoms with Gasteiger partial charge in [-0.15, -0.1) is 0 Å². The number of aromatic hydroxyl groups is 1. The van der Waals surface area contributed by atoms with E-state index in [1.165, 1.54) is 30.8 Å². The van der Waals surface area contributed by atoms with Crippen LogP contribution in [0.25, 0.3) is 0 Å². The Morgan fingerprint density at radius 2 is 2.28 bits per heavy atom. The minimum atomic E-state index is -0.0543. The Morgan fingerprint density at radius 3 is 2.89 bits per heavy atom. The maximum atomic E-state index is 11.9. The van der Waals surface area contributed by atoms with Gasteiger partial charge in [0.2, 0.25) is 5.91 Å². The highest BCUT2D eigenvalue weighted by molar-refractivity contribution is 8.14. The third kappa shape index (κ3) is 2.79. The smallest absolute Gasteiger partial charge is 0.228 e. The second kappa shape index (κ2) is 5.20. The Morgan fingerprint density at radius 1 is 1.56 bits per heavy atom. The molecule has 1 fully saturated rings. The van der Waals surface area contributed by atoms with Crippen LogP contribution in [0.4, 0.5) is 5.69 Å². The molecular formula is C12H12ClNO3S. The average molecular weight is 286 g/mol. The number of hydrogen-bond acceptors (Lipinski definition) is 4. The van der Waals surface area contributed by atoms with Crippen molar-refractivity contribution in [1.82, 2.24) is 0 Å². The monoisotopic (exact) mass is 285 g/mol. The lowest BCUT2D eigenvalue weighted by Gasteiger charge is -2.18. The number of carbonyl (C=O) groups is 2. The number of phenols is 1. The number of carbonyl (C=O) groups excluding carboxylic acids is 2. The molecule has 1 aromatic carbocycles. The Labute approximate surface area is 114 Å². The summed E-state index contributed by atoms with van der Waals surface area (Å²) in [5, 5.41) is 9.59. The maximum Gasteiger partial charge on any atom is 0.228 e. The summed E-state index contributed by atoms with van der Waals surface area (Å²) in [5.74, 6) is 0.00592. The first-order valence-electron chi connectivity index (χ1n) is 5.43. The van der Waals surface area contributed by atoms with E-state index in [2.05, 4.69) is 0 Å². The van der Waals surface area contributed by atoms with Crippen LogP contribution in [0, 0.1) is 0 Å². The molecule has 1 saturated heterocycles. The van der Waals surface area contributed by atoms with Crippen LogP contribution in [-0.2, 0) is 9.59 Å². The second-order valence-electron chi connectivity index (χ2n) is 4.08. The zero-order chi connectivity index (χ0) is 13.3. The molecule has 1 N–H and O–H groups in total. The largest absolute Gasteiger partial charge is 0.508 e. The predicted molar refractivity (Wildman–Crippen MR) is 72.1 cm³/mol. The van der Waals surface area contributed by atoms with Crippen LogP contribution in [0.3, 0.4) is 0 Å². The fourth-order valence-corrected chi connectivity index (χ4v) is 3.13. The van der Waals surface area contributed by atoms with Crippen molar-refractivity contribution < 1.29 is 14.7 Å². The number of nitrogens with zero attached hydrogens (tertiary/aromatic N) is 1. The third-order valence-corrected chi connectivity index (χ3v) is 3.93. The van der Waals surface area contributed by atoms with Crippen molar-refractivity contribution in [1.29, 1.82) is 0 Å². The van der Waals surface area contributed by atoms with Gasteiger partial charge >= 0.3 is 0 Å². The molecule has 96 valence electrons. The molecule has 0 radical (unpaired) electrons. The number of amides is 1. The van der Waals surface area contributed by atoms with Gasteiger partial charge in [-0.2, -0.15) is 0 Å². The minimum absolute atomic E-state index is 0.00598. The number of benzene rings is 1. The Hall–Kier alpha value is -1.20. The van der Waals surface area contributed by atoms with E-state index in [1.54, 1.807) is 11.0 Å². The fraction of sp³-hybridized carbons (Fsp3) is 0.333. The standard InChI is InChI=1S/C12H12ClNO3S/c1-7(15)18-9-5-12(17)14(6-9)11-3-2-8(16)4-10(11)13/h2-4,9,16H,5-6H2,1H3. The molecule has 0 aromatic heterocycles. The lowest BCUT2D eigenvalue weighted by molar-refractivity contribution is -0.117. The Kier molecular flexibility index (Phi) is 3.82. The van der Waals surface area contributed by atoms with E-state index in [9.17, 15) is 14.7 Å². The van der Waals surface area contributed by atoms with Gasteiger partial charge < -0.3 is 10.0 Å². The normalized spacial score (nSPS) is 19.3. The van der Waals surface area contributed by atoms with Crippen LogP contribution in [0.5, 0.6) is 5.75 Å². The molecule has 1 unspecified atom stereocenters. The summed E-state index contributed by atoms with van der Waals surface area (Å²) >= 11 is 7.18. The molecule has 1 aliphatic rings. The number of thioether (sulfide) groups is 1. The van der Waals surface area contributed by atoms with Gasteiger partial charge in [0.15, 0.2) is 5.12 Å². The summed E-state index contributed by atoms with van der Waals surface area (Å²) in [6.07, 6.45) is 0.335. The van der Waals surface area contributed by atoms with Crippen LogP contribution < -0.4 is 4.90 Å². The summed E-state index contributed by atoms with van der Waals surface area (Å²) in [6, 6.07) is 4.49. The average Bonchev–Trinajstić information content (AvgIpc) is 2.58. The van der Waals surface area contributed by atoms with Gasteiger partial charge in [0, 0.05) is 31.2 Å². The van der Waals surface area contributed by atoms with Crippen LogP contribution in [0.1, 0.15) is 13.3 Å². The molecule has 1 heterocycles. The van der Waals surface area contributed by atoms with Gasteiger partial charge in [0.1, 0.15) is 5.75 Å². The van der Waals surface area contributed by atoms with Crippen molar-refractivity contribution in [3.8, 4) is 5.75 Å². The Balaban J connectivity index is 2.19. The molecule has 1 aliphatic heterocycles. The minimum Gasteiger partial charge on any atom is -0.508 e. The summed E-state index contributed by atoms with van der Waals surface area (Å²) in [6.45, 7) is 1.96. The lowest BCUT2D eigenvalue weighted by atomic mass is 10.3. The lowest BCUT2D eigenvalue weighted by Crippen LogP contribution is -2.25. The first-order valence-corrected chi connectivity index (χ1v) is 6.69. The molecule has 6 heteroatoms. The van der Waals surface area contributed by atoms with Crippen molar-refractivity contribution in [2.24, 2.45) is 0 Å². The molecule has 0 bridgehead atoms. The topological polar surface area (TPSA) is 57.6 Å². The molecule has 0 saturated carbocycles. The molecular weight excluding hydrogens is 274 g/mol. The highest BCUT2D eigenvalue weighted by Gasteiger charge is 2.32. The van der Waals surface area contributed by atoms with Crippen LogP contribution in [0.2, 0.25) is 5.02 Å². The number of hydrogen-bond donors (Lipinski definition) is 1. The van der Waals surface area contributed by atoms with Gasteiger partial charge in [-0.1, -0.05) is 23.4 Å². The zero-order valence-corrected chi connectivity index (χ0v) is 11.3. The second-order valence-corrected chi connectivity index (χ2v) is 5.96. The van der Waals surface area contributed by atoms with E-state index in [4.69, 9.17) is 11.6 Å². The highest BCUT2D eigenvalue weighted by Crippen LogP contribution is 2.34. The summed E-state index contributed by atoms with van der Waals surface area (Å²) in [5.41, 5.74) is 0.575. The number of rotatable bonds is 2. The van der Waals surface area contributed by atoms with Gasteiger partial charge in [0.25, 0.3) is 0 Å². The molecule has 1 atom stereocenters. The number of halogens is 1. The quantitative estimate of drug-likeness (QED) is 0.907. The summed E-state index contributed by atoms with van der Waals surface area (Å²) < 4.78 is 0. The van der Waals surface area contributed by atoms with Crippen molar-refractivity contribution in [3.63, 3.8) is 0 Å². The van der Waals surface area contributed by atoms with Crippen molar-refractivity contribution in [2.45, 2.75) is 18.6 Å². The van der Waals surface area contributed by atoms with Crippen molar-refractivity contribution in [2.75, 3.05) is 11.4 Å². The maximum absolute atomic E-state index is 11.9. The molecule has 0 aliphatic carbocycles. The van der Waals surface area contributed by atoms with E-state index < -0.39 is 0 Å². The van der Waals surface area contributed by atoms with Crippen molar-refractivity contribution in [3.05, 3.63) is 23.2 Å². The van der Waals surface area contributed by atoms with Crippen molar-refractivity contribution >= 4 is 40.1 Å². The highest BCUT2D eigenvalue weighted by atomic mass is 35.5. The van der Waals surface area contributed by atoms with Crippen LogP contribution in [-0.4, -0.2) is 27.9 Å². The molecule has 18 heavy (non-hydrogen) atoms. The van der Waals surface area contributed by atoms with Crippen LogP contribution >= 0.6 is 23.4 Å². The first-order chi connectivity index (χ1) is 8.47. The van der Waals surface area contributed by atoms with Crippen LogP contribution in [0.15, 0.2) is 18.2 Å². The zero-order valence-electron chi connectivity index (χ0n) is 9.72. The van der Waals surface area contributed by atoms with E-state index in [-0.39, 0.29) is 22.0 Å². The Bertz CT molecular complexity index is 506. The van der Waals surface area contributed by atoms with Gasteiger partial charge in [-0.05, 0) is 12.1 Å². The fourth-order valence-electron chi connectivity index (χ4n) is 1.94. The third-order valence-electron chi connectivity index (χ3n) is 2.64. The molecule has 4 nitrogen and oxygen atoms in total. The summed E-state index contributed by atoms with van der Waals surface area (Å²) in [4.78, 5) is 24.5. The van der Waals surface area contributed by atoms with Gasteiger partial charge in [-0.25, -0.2) is 0 Å². The summed E-state index contributed by atoms with van der Waals surface area (Å²) in [7, 11) is 0. The number of phenolic OH excluding ortho intramolecular Hbond substituents is 1. The van der Waals surface area contributed by atoms with E-state index in [0.717, 1.165) is 0 Å². The molecule has 0 spiro atoms. The number of anilines is 1. The molecule has 2 rings (SSSR count). The first kappa shape index (κ1) is 13.2. The van der Waals surface area contributed by atoms with Gasteiger partial charge in [0.05, 0.1) is 10.7 Å². The molecule has 1 aromatic rings. The van der Waals surface area contributed by atoms with E-state index >= 15 is 0 Å².